The largest absolute Gasteiger partial charge is 0.352 e. The molecule has 3 nitrogen and oxygen atoms in total. The van der Waals surface area contributed by atoms with Crippen molar-refractivity contribution in [2.45, 2.75) is 6.42 Å². The van der Waals surface area contributed by atoms with Crippen molar-refractivity contribution < 1.29 is 4.79 Å². The molecular formula is C16H14N2OS. The van der Waals surface area contributed by atoms with E-state index in [0.29, 0.717) is 12.1 Å². The number of fused-ring (bicyclic) bond motifs is 1. The standard InChI is InChI=1S/C16H14N2OS/c19-16(17-9-8-12-4-2-1-3-5-12)13-6-7-14-15(10-13)20-11-18-14/h1-7,10-11H,8-9H2,(H,17,19). The first kappa shape index (κ1) is 12.8. The van der Waals surface area contributed by atoms with Crippen LogP contribution in [0.3, 0.4) is 0 Å². The van der Waals surface area contributed by atoms with Crippen molar-refractivity contribution in [3.63, 3.8) is 0 Å². The zero-order chi connectivity index (χ0) is 13.8. The molecule has 0 aliphatic carbocycles. The third kappa shape index (κ3) is 2.86. The average Bonchev–Trinajstić information content (AvgIpc) is 2.95. The number of nitrogens with zero attached hydrogens (tertiary/aromatic N) is 1. The zero-order valence-electron chi connectivity index (χ0n) is 10.9. The SMILES string of the molecule is O=C(NCCc1ccccc1)c1ccc2ncsc2c1. The van der Waals surface area contributed by atoms with Crippen LogP contribution in [0.5, 0.6) is 0 Å². The van der Waals surface area contributed by atoms with Crippen molar-refractivity contribution >= 4 is 27.5 Å². The second-order valence-electron chi connectivity index (χ2n) is 4.53. The summed E-state index contributed by atoms with van der Waals surface area (Å²) in [7, 11) is 0. The van der Waals surface area contributed by atoms with Crippen LogP contribution in [0.25, 0.3) is 10.2 Å². The summed E-state index contributed by atoms with van der Waals surface area (Å²) < 4.78 is 1.04. The van der Waals surface area contributed by atoms with Gasteiger partial charge < -0.3 is 5.32 Å². The fourth-order valence-corrected chi connectivity index (χ4v) is 2.78. The van der Waals surface area contributed by atoms with Gasteiger partial charge in [0.05, 0.1) is 15.7 Å². The van der Waals surface area contributed by atoms with E-state index in [4.69, 9.17) is 0 Å². The van der Waals surface area contributed by atoms with Gasteiger partial charge in [-0.3, -0.25) is 4.79 Å². The van der Waals surface area contributed by atoms with E-state index < -0.39 is 0 Å². The van der Waals surface area contributed by atoms with Gasteiger partial charge >= 0.3 is 0 Å². The predicted molar refractivity (Wildman–Crippen MR) is 82.1 cm³/mol. The highest BCUT2D eigenvalue weighted by Gasteiger charge is 2.06. The summed E-state index contributed by atoms with van der Waals surface area (Å²) in [4.78, 5) is 16.3. The van der Waals surface area contributed by atoms with E-state index in [1.54, 1.807) is 16.8 Å². The molecule has 0 bridgehead atoms. The van der Waals surface area contributed by atoms with Gasteiger partial charge in [-0.2, -0.15) is 0 Å². The molecule has 4 heteroatoms. The van der Waals surface area contributed by atoms with Gasteiger partial charge in [0.15, 0.2) is 0 Å². The van der Waals surface area contributed by atoms with Crippen LogP contribution in [0, 0.1) is 0 Å². The fraction of sp³-hybridized carbons (Fsp3) is 0.125. The Labute approximate surface area is 121 Å². The summed E-state index contributed by atoms with van der Waals surface area (Å²) in [6.45, 7) is 0.642. The Hall–Kier alpha value is -2.20. The van der Waals surface area contributed by atoms with Crippen molar-refractivity contribution in [1.82, 2.24) is 10.3 Å². The highest BCUT2D eigenvalue weighted by atomic mass is 32.1. The van der Waals surface area contributed by atoms with E-state index in [9.17, 15) is 4.79 Å². The Balaban J connectivity index is 1.61. The highest BCUT2D eigenvalue weighted by molar-refractivity contribution is 7.16. The monoisotopic (exact) mass is 282 g/mol. The number of benzene rings is 2. The summed E-state index contributed by atoms with van der Waals surface area (Å²) in [5.74, 6) is -0.0313. The molecule has 1 aromatic heterocycles. The summed E-state index contributed by atoms with van der Waals surface area (Å²) >= 11 is 1.55. The van der Waals surface area contributed by atoms with Gasteiger partial charge in [0, 0.05) is 12.1 Å². The Bertz CT molecular complexity index is 721. The molecule has 1 heterocycles. The van der Waals surface area contributed by atoms with Gasteiger partial charge in [0.2, 0.25) is 0 Å². The first-order valence-electron chi connectivity index (χ1n) is 6.48. The second kappa shape index (κ2) is 5.84. The first-order valence-corrected chi connectivity index (χ1v) is 7.36. The van der Waals surface area contributed by atoms with Crippen LogP contribution in [0.1, 0.15) is 15.9 Å². The Morgan fingerprint density at radius 1 is 1.15 bits per heavy atom. The van der Waals surface area contributed by atoms with Crippen molar-refractivity contribution in [2.75, 3.05) is 6.54 Å². The maximum atomic E-state index is 12.1. The second-order valence-corrected chi connectivity index (χ2v) is 5.41. The first-order chi connectivity index (χ1) is 9.83. The van der Waals surface area contributed by atoms with Crippen LogP contribution in [0.15, 0.2) is 54.0 Å². The van der Waals surface area contributed by atoms with E-state index >= 15 is 0 Å². The highest BCUT2D eigenvalue weighted by Crippen LogP contribution is 2.18. The molecular weight excluding hydrogens is 268 g/mol. The molecule has 1 amide bonds. The topological polar surface area (TPSA) is 42.0 Å². The van der Waals surface area contributed by atoms with Gasteiger partial charge in [-0.05, 0) is 30.2 Å². The number of carbonyl (C=O) groups excluding carboxylic acids is 1. The lowest BCUT2D eigenvalue weighted by Crippen LogP contribution is -2.25. The molecule has 0 aliphatic rings. The normalized spacial score (nSPS) is 10.6. The predicted octanol–water partition coefficient (Wildman–Crippen LogP) is 3.27. The molecule has 20 heavy (non-hydrogen) atoms. The lowest BCUT2D eigenvalue weighted by atomic mass is 10.1. The van der Waals surface area contributed by atoms with E-state index in [0.717, 1.165) is 16.6 Å². The molecule has 0 atom stereocenters. The number of rotatable bonds is 4. The van der Waals surface area contributed by atoms with Gasteiger partial charge in [-0.1, -0.05) is 30.3 Å². The van der Waals surface area contributed by atoms with E-state index in [-0.39, 0.29) is 5.91 Å². The molecule has 2 aromatic carbocycles. The maximum absolute atomic E-state index is 12.1. The van der Waals surface area contributed by atoms with E-state index in [1.165, 1.54) is 5.56 Å². The number of thiazole rings is 1. The number of amides is 1. The van der Waals surface area contributed by atoms with Gasteiger partial charge in [-0.15, -0.1) is 11.3 Å². The minimum Gasteiger partial charge on any atom is -0.352 e. The summed E-state index contributed by atoms with van der Waals surface area (Å²) in [5, 5.41) is 2.95. The average molecular weight is 282 g/mol. The number of carbonyl (C=O) groups is 1. The summed E-state index contributed by atoms with van der Waals surface area (Å²) in [6, 6.07) is 15.7. The van der Waals surface area contributed by atoms with Crippen LogP contribution in [-0.2, 0) is 6.42 Å². The number of nitrogens with one attached hydrogen (secondary N) is 1. The van der Waals surface area contributed by atoms with Crippen LogP contribution < -0.4 is 5.32 Å². The minimum absolute atomic E-state index is 0.0313. The van der Waals surface area contributed by atoms with E-state index in [2.05, 4.69) is 22.4 Å². The van der Waals surface area contributed by atoms with Crippen molar-refractivity contribution in [3.05, 3.63) is 65.2 Å². The molecule has 3 aromatic rings. The smallest absolute Gasteiger partial charge is 0.251 e. The molecule has 0 saturated heterocycles. The fourth-order valence-electron chi connectivity index (χ4n) is 2.06. The molecule has 0 radical (unpaired) electrons. The lowest BCUT2D eigenvalue weighted by molar-refractivity contribution is 0.0954. The van der Waals surface area contributed by atoms with Crippen molar-refractivity contribution in [1.29, 1.82) is 0 Å². The lowest BCUT2D eigenvalue weighted by Gasteiger charge is -2.05. The molecule has 0 unspecified atom stereocenters. The summed E-state index contributed by atoms with van der Waals surface area (Å²) in [5.41, 5.74) is 4.65. The van der Waals surface area contributed by atoms with Crippen LogP contribution >= 0.6 is 11.3 Å². The van der Waals surface area contributed by atoms with Crippen LogP contribution in [0.4, 0.5) is 0 Å². The van der Waals surface area contributed by atoms with Gasteiger partial charge in [-0.25, -0.2) is 4.98 Å². The Kier molecular flexibility index (Phi) is 3.74. The molecule has 0 aliphatic heterocycles. The maximum Gasteiger partial charge on any atom is 0.251 e. The number of hydrogen-bond acceptors (Lipinski definition) is 3. The molecule has 0 spiro atoms. The molecule has 1 N–H and O–H groups in total. The van der Waals surface area contributed by atoms with Crippen molar-refractivity contribution in [2.24, 2.45) is 0 Å². The Morgan fingerprint density at radius 2 is 2.00 bits per heavy atom. The molecule has 3 rings (SSSR count). The van der Waals surface area contributed by atoms with Crippen LogP contribution in [0.2, 0.25) is 0 Å². The third-order valence-corrected chi connectivity index (χ3v) is 3.93. The molecule has 100 valence electrons. The quantitative estimate of drug-likeness (QED) is 0.798. The zero-order valence-corrected chi connectivity index (χ0v) is 11.7. The third-order valence-electron chi connectivity index (χ3n) is 3.14. The molecule has 0 saturated carbocycles. The summed E-state index contributed by atoms with van der Waals surface area (Å²) in [6.07, 6.45) is 0.843. The number of hydrogen-bond donors (Lipinski definition) is 1. The Morgan fingerprint density at radius 3 is 2.85 bits per heavy atom. The van der Waals surface area contributed by atoms with Crippen molar-refractivity contribution in [3.8, 4) is 0 Å². The van der Waals surface area contributed by atoms with Gasteiger partial charge in [0.25, 0.3) is 5.91 Å². The minimum atomic E-state index is -0.0313. The molecule has 0 fully saturated rings. The van der Waals surface area contributed by atoms with E-state index in [1.807, 2.05) is 36.4 Å². The van der Waals surface area contributed by atoms with Crippen LogP contribution in [-0.4, -0.2) is 17.4 Å². The number of aromatic nitrogens is 1. The van der Waals surface area contributed by atoms with Gasteiger partial charge in [0.1, 0.15) is 0 Å².